The summed E-state index contributed by atoms with van der Waals surface area (Å²) in [5.74, 6) is 0. The van der Waals surface area contributed by atoms with Gasteiger partial charge in [0.25, 0.3) is 0 Å². The molecule has 0 aliphatic rings. The van der Waals surface area contributed by atoms with Crippen molar-refractivity contribution in [3.63, 3.8) is 0 Å². The van der Waals surface area contributed by atoms with Crippen molar-refractivity contribution in [1.29, 1.82) is 0 Å². The average molecular weight is 283 g/mol. The molecular formula is C5H9N13O2. The highest BCUT2D eigenvalue weighted by Gasteiger charge is 2.18. The Balaban J connectivity index is 4.81. The number of hydrogen-bond acceptors (Lipinski definition) is 7. The normalized spacial score (nSPS) is 10.4. The third kappa shape index (κ3) is 8.25. The largest absolute Gasteiger partial charge is 0.334 e. The summed E-state index contributed by atoms with van der Waals surface area (Å²) < 4.78 is 10.0. The van der Waals surface area contributed by atoms with E-state index in [1.807, 2.05) is 0 Å². The van der Waals surface area contributed by atoms with Crippen molar-refractivity contribution < 1.29 is 9.47 Å². The van der Waals surface area contributed by atoms with Crippen LogP contribution in [-0.4, -0.2) is 38.1 Å². The highest BCUT2D eigenvalue weighted by molar-refractivity contribution is 4.57. The van der Waals surface area contributed by atoms with Gasteiger partial charge in [-0.15, -0.1) is 0 Å². The lowest BCUT2D eigenvalue weighted by atomic mass is 10.7. The van der Waals surface area contributed by atoms with Crippen LogP contribution in [0.4, 0.5) is 0 Å². The van der Waals surface area contributed by atoms with Crippen LogP contribution in [0, 0.1) is 0 Å². The second-order valence-corrected chi connectivity index (χ2v) is 2.69. The summed E-state index contributed by atoms with van der Waals surface area (Å²) in [7, 11) is 0. The van der Waals surface area contributed by atoms with Crippen LogP contribution in [0.3, 0.4) is 0 Å². The molecule has 0 aromatic heterocycles. The van der Waals surface area contributed by atoms with E-state index in [9.17, 15) is 0 Å². The van der Waals surface area contributed by atoms with E-state index in [0.29, 0.717) is 0 Å². The van der Waals surface area contributed by atoms with Crippen LogP contribution in [0.5, 0.6) is 0 Å². The molecule has 0 N–H and O–H groups in total. The lowest BCUT2D eigenvalue weighted by Gasteiger charge is -2.27. The zero-order valence-corrected chi connectivity index (χ0v) is 10.0. The molecule has 0 saturated carbocycles. The maximum atomic E-state index is 8.26. The molecule has 15 nitrogen and oxygen atoms in total. The standard InChI is InChI=1S/C5H9N13O2/c6-14-10-1-18(2-11-15-7)5(19-3-12-16-8)20-4-13-17-9/h5H,1-4H2. The SMILES string of the molecule is [N-]=[N+]=NCOC(OCN=[N+]=[N-])N(CN=[N+]=[N-])CN=[N+]=[N-]. The maximum absolute atomic E-state index is 8.26. The number of nitrogens with zero attached hydrogens (tertiary/aromatic N) is 13. The molecular weight excluding hydrogens is 274 g/mol. The van der Waals surface area contributed by atoms with Crippen LogP contribution >= 0.6 is 0 Å². The van der Waals surface area contributed by atoms with Gasteiger partial charge in [0.05, 0.1) is 13.3 Å². The van der Waals surface area contributed by atoms with E-state index in [2.05, 4.69) is 40.1 Å². The molecule has 0 saturated heterocycles. The fraction of sp³-hybridized carbons (Fsp3) is 1.00. The molecule has 0 rings (SSSR count). The van der Waals surface area contributed by atoms with Gasteiger partial charge in [0, 0.05) is 19.6 Å². The van der Waals surface area contributed by atoms with Crippen molar-refractivity contribution >= 4 is 0 Å². The molecule has 0 aliphatic heterocycles. The van der Waals surface area contributed by atoms with Gasteiger partial charge in [-0.1, -0.05) is 20.5 Å². The fourth-order valence-corrected chi connectivity index (χ4v) is 0.902. The van der Waals surface area contributed by atoms with Crippen molar-refractivity contribution in [1.82, 2.24) is 4.90 Å². The van der Waals surface area contributed by atoms with Crippen molar-refractivity contribution in [3.8, 4) is 0 Å². The third-order valence-electron chi connectivity index (χ3n) is 1.59. The molecule has 0 amide bonds. The van der Waals surface area contributed by atoms with Gasteiger partial charge in [-0.3, -0.25) is 0 Å². The van der Waals surface area contributed by atoms with Crippen LogP contribution in [0.25, 0.3) is 41.8 Å². The Hall–Kier alpha value is -2.88. The van der Waals surface area contributed by atoms with E-state index >= 15 is 0 Å². The van der Waals surface area contributed by atoms with E-state index in [1.165, 1.54) is 4.90 Å². The zero-order valence-electron chi connectivity index (χ0n) is 10.0. The van der Waals surface area contributed by atoms with Gasteiger partial charge in [0.15, 0.2) is 0 Å². The number of rotatable bonds is 11. The minimum Gasteiger partial charge on any atom is -0.334 e. The van der Waals surface area contributed by atoms with Gasteiger partial charge >= 0.3 is 0 Å². The van der Waals surface area contributed by atoms with Crippen LogP contribution in [0.2, 0.25) is 0 Å². The summed E-state index contributed by atoms with van der Waals surface area (Å²) in [5.41, 5.74) is 32.8. The van der Waals surface area contributed by atoms with Gasteiger partial charge in [-0.25, -0.2) is 4.90 Å². The number of ether oxygens (including phenoxy) is 2. The van der Waals surface area contributed by atoms with Crippen molar-refractivity contribution in [2.75, 3.05) is 26.8 Å². The molecule has 20 heavy (non-hydrogen) atoms. The Morgan fingerprint density at radius 3 is 1.50 bits per heavy atom. The lowest BCUT2D eigenvalue weighted by molar-refractivity contribution is -0.221. The first-order valence-electron chi connectivity index (χ1n) is 4.80. The fourth-order valence-electron chi connectivity index (χ4n) is 0.902. The Labute approximate surface area is 111 Å². The van der Waals surface area contributed by atoms with E-state index in [-0.39, 0.29) is 26.8 Å². The molecule has 0 aliphatic carbocycles. The predicted octanol–water partition coefficient (Wildman–Crippen LogP) is 2.68. The summed E-state index contributed by atoms with van der Waals surface area (Å²) in [6, 6.07) is 0. The third-order valence-corrected chi connectivity index (χ3v) is 1.59. The smallest absolute Gasteiger partial charge is 0.219 e. The topological polar surface area (TPSA) is 217 Å². The minimum absolute atomic E-state index is 0.243. The summed E-state index contributed by atoms with van der Waals surface area (Å²) >= 11 is 0. The second kappa shape index (κ2) is 12.6. The molecule has 0 atom stereocenters. The van der Waals surface area contributed by atoms with Crippen LogP contribution in [-0.2, 0) is 9.47 Å². The second-order valence-electron chi connectivity index (χ2n) is 2.69. The minimum atomic E-state index is -1.19. The van der Waals surface area contributed by atoms with Crippen LogP contribution < -0.4 is 0 Å². The summed E-state index contributed by atoms with van der Waals surface area (Å²) in [6.07, 6.45) is -1.19. The van der Waals surface area contributed by atoms with Crippen LogP contribution in [0.15, 0.2) is 20.5 Å². The van der Waals surface area contributed by atoms with E-state index < -0.39 is 6.41 Å². The van der Waals surface area contributed by atoms with Crippen molar-refractivity contribution in [2.45, 2.75) is 6.41 Å². The Kier molecular flexibility index (Phi) is 10.8. The molecule has 0 heterocycles. The first kappa shape index (κ1) is 17.1. The monoisotopic (exact) mass is 283 g/mol. The predicted molar refractivity (Wildman–Crippen MR) is 63.8 cm³/mol. The van der Waals surface area contributed by atoms with Crippen molar-refractivity contribution in [3.05, 3.63) is 41.8 Å². The van der Waals surface area contributed by atoms with Gasteiger partial charge in [0.2, 0.25) is 6.41 Å². The maximum Gasteiger partial charge on any atom is 0.219 e. The molecule has 106 valence electrons. The van der Waals surface area contributed by atoms with Gasteiger partial charge in [0.1, 0.15) is 13.5 Å². The lowest BCUT2D eigenvalue weighted by Crippen LogP contribution is -2.39. The molecule has 0 aromatic rings. The van der Waals surface area contributed by atoms with Crippen LogP contribution in [0.1, 0.15) is 0 Å². The molecule has 0 bridgehead atoms. The summed E-state index contributed by atoms with van der Waals surface area (Å²) in [5, 5.41) is 12.8. The van der Waals surface area contributed by atoms with Crippen molar-refractivity contribution in [2.24, 2.45) is 20.5 Å². The average Bonchev–Trinajstić information content (AvgIpc) is 2.46. The molecule has 0 aromatic carbocycles. The molecule has 0 unspecified atom stereocenters. The summed E-state index contributed by atoms with van der Waals surface area (Å²) in [4.78, 5) is 11.2. The number of hydrogen-bond donors (Lipinski definition) is 0. The molecule has 0 spiro atoms. The Bertz CT molecular complexity index is 423. The van der Waals surface area contributed by atoms with E-state index in [4.69, 9.17) is 31.6 Å². The highest BCUT2D eigenvalue weighted by Crippen LogP contribution is 2.05. The Morgan fingerprint density at radius 1 is 0.750 bits per heavy atom. The zero-order chi connectivity index (χ0) is 15.1. The van der Waals surface area contributed by atoms with Gasteiger partial charge in [-0.05, 0) is 22.1 Å². The first-order valence-corrected chi connectivity index (χ1v) is 4.80. The molecule has 0 fully saturated rings. The van der Waals surface area contributed by atoms with Gasteiger partial charge < -0.3 is 9.47 Å². The van der Waals surface area contributed by atoms with Gasteiger partial charge in [-0.2, -0.15) is 0 Å². The summed E-state index contributed by atoms with van der Waals surface area (Å²) in [6.45, 7) is -1.26. The van der Waals surface area contributed by atoms with E-state index in [1.54, 1.807) is 0 Å². The molecule has 15 heteroatoms. The molecule has 0 radical (unpaired) electrons. The first-order chi connectivity index (χ1) is 9.79. The number of azide groups is 4. The highest BCUT2D eigenvalue weighted by atomic mass is 16.7. The quantitative estimate of drug-likeness (QED) is 0.241. The Morgan fingerprint density at radius 2 is 1.15 bits per heavy atom. The van der Waals surface area contributed by atoms with E-state index in [0.717, 1.165) is 0 Å².